The Hall–Kier alpha value is -2.64. The normalized spacial score (nSPS) is 12.4. The van der Waals surface area contributed by atoms with E-state index in [2.05, 4.69) is 11.9 Å². The number of likely N-dealkylation sites (N-methyl/N-ethyl adjacent to an activating group) is 1. The minimum atomic E-state index is -3.56. The Kier molecular flexibility index (Phi) is 6.54. The number of nitrogens with one attached hydrogen (secondary N) is 1. The summed E-state index contributed by atoms with van der Waals surface area (Å²) in [4.78, 5) is 12.8. The van der Waals surface area contributed by atoms with Crippen molar-refractivity contribution in [3.8, 4) is 5.75 Å². The molecule has 0 aromatic heterocycles. The number of anilines is 1. The van der Waals surface area contributed by atoms with E-state index in [9.17, 15) is 13.2 Å². The second-order valence-corrected chi connectivity index (χ2v) is 7.75. The number of rotatable bonds is 8. The van der Waals surface area contributed by atoms with Crippen LogP contribution in [-0.4, -0.2) is 38.5 Å². The summed E-state index contributed by atoms with van der Waals surface area (Å²) in [5.41, 5.74) is 1.13. The number of benzene rings is 2. The molecule has 2 aromatic rings. The molecule has 0 bridgehead atoms. The number of hydrogen-bond donors (Lipinski definition) is 1. The molecule has 0 saturated heterocycles. The molecule has 2 rings (SSSR count). The lowest BCUT2D eigenvalue weighted by molar-refractivity contribution is -0.119. The zero-order valence-electron chi connectivity index (χ0n) is 14.8. The molecule has 138 valence electrons. The van der Waals surface area contributed by atoms with Crippen molar-refractivity contribution in [3.05, 3.63) is 72.8 Å². The Balaban J connectivity index is 2.23. The smallest absolute Gasteiger partial charge is 0.247 e. The van der Waals surface area contributed by atoms with Crippen LogP contribution in [0.25, 0.3) is 0 Å². The van der Waals surface area contributed by atoms with Crippen LogP contribution < -0.4 is 10.1 Å². The van der Waals surface area contributed by atoms with E-state index in [4.69, 9.17) is 4.74 Å². The van der Waals surface area contributed by atoms with Crippen LogP contribution in [0.5, 0.6) is 5.75 Å². The monoisotopic (exact) mass is 374 g/mol. The number of sulfonamides is 1. The first-order valence-electron chi connectivity index (χ1n) is 7.95. The van der Waals surface area contributed by atoms with Gasteiger partial charge in [0.05, 0.1) is 6.26 Å². The third kappa shape index (κ3) is 5.18. The molecule has 1 N–H and O–H groups in total. The molecule has 0 aliphatic heterocycles. The van der Waals surface area contributed by atoms with Crippen LogP contribution in [0.3, 0.4) is 0 Å². The molecule has 0 aliphatic rings. The predicted octanol–water partition coefficient (Wildman–Crippen LogP) is 2.82. The third-order valence-electron chi connectivity index (χ3n) is 3.74. The second kappa shape index (κ2) is 8.64. The summed E-state index contributed by atoms with van der Waals surface area (Å²) in [6, 6.07) is 14.6. The van der Waals surface area contributed by atoms with Crippen molar-refractivity contribution in [3.63, 3.8) is 0 Å². The SMILES string of the molecule is C=CCOc1ccc(NC(=O)C(c2ccccc2)N(C)S(C)(=O)=O)cc1. The van der Waals surface area contributed by atoms with Gasteiger partial charge in [0.1, 0.15) is 18.4 Å². The number of nitrogens with zero attached hydrogens (tertiary/aromatic N) is 1. The van der Waals surface area contributed by atoms with Gasteiger partial charge in [-0.1, -0.05) is 43.0 Å². The Labute approximate surface area is 154 Å². The number of ether oxygens (including phenoxy) is 1. The summed E-state index contributed by atoms with van der Waals surface area (Å²) >= 11 is 0. The molecule has 1 amide bonds. The molecule has 1 unspecified atom stereocenters. The van der Waals surface area contributed by atoms with Crippen LogP contribution in [-0.2, 0) is 14.8 Å². The van der Waals surface area contributed by atoms with Crippen LogP contribution >= 0.6 is 0 Å². The first kappa shape index (κ1) is 19.7. The van der Waals surface area contributed by atoms with Gasteiger partial charge in [-0.05, 0) is 29.8 Å². The minimum Gasteiger partial charge on any atom is -0.490 e. The summed E-state index contributed by atoms with van der Waals surface area (Å²) < 4.78 is 30.4. The summed E-state index contributed by atoms with van der Waals surface area (Å²) in [6.07, 6.45) is 2.71. The summed E-state index contributed by atoms with van der Waals surface area (Å²) in [7, 11) is -2.17. The third-order valence-corrected chi connectivity index (χ3v) is 5.00. The Morgan fingerprint density at radius 3 is 2.35 bits per heavy atom. The molecule has 0 saturated carbocycles. The van der Waals surface area contributed by atoms with Crippen molar-refractivity contribution in [1.29, 1.82) is 0 Å². The predicted molar refractivity (Wildman–Crippen MR) is 103 cm³/mol. The van der Waals surface area contributed by atoms with Gasteiger partial charge in [-0.3, -0.25) is 4.79 Å². The number of amides is 1. The van der Waals surface area contributed by atoms with Gasteiger partial charge in [-0.2, -0.15) is 4.31 Å². The van der Waals surface area contributed by atoms with Crippen LogP contribution in [0.1, 0.15) is 11.6 Å². The van der Waals surface area contributed by atoms with Crippen molar-refractivity contribution < 1.29 is 17.9 Å². The molecule has 0 fully saturated rings. The molecule has 0 aliphatic carbocycles. The Morgan fingerprint density at radius 2 is 1.81 bits per heavy atom. The summed E-state index contributed by atoms with van der Waals surface area (Å²) in [5, 5.41) is 2.76. The van der Waals surface area contributed by atoms with Crippen molar-refractivity contribution >= 4 is 21.6 Å². The highest BCUT2D eigenvalue weighted by atomic mass is 32.2. The van der Waals surface area contributed by atoms with E-state index in [0.29, 0.717) is 23.6 Å². The van der Waals surface area contributed by atoms with Gasteiger partial charge in [0.25, 0.3) is 0 Å². The van der Waals surface area contributed by atoms with Gasteiger partial charge in [0.15, 0.2) is 0 Å². The van der Waals surface area contributed by atoms with E-state index in [0.717, 1.165) is 10.6 Å². The number of carbonyl (C=O) groups is 1. The quantitative estimate of drug-likeness (QED) is 0.721. The molecule has 2 aromatic carbocycles. The maximum atomic E-state index is 12.8. The lowest BCUT2D eigenvalue weighted by Crippen LogP contribution is -2.38. The topological polar surface area (TPSA) is 75.7 Å². The van der Waals surface area contributed by atoms with Gasteiger partial charge in [-0.15, -0.1) is 0 Å². The van der Waals surface area contributed by atoms with E-state index in [1.165, 1.54) is 7.05 Å². The zero-order chi connectivity index (χ0) is 19.2. The lowest BCUT2D eigenvalue weighted by Gasteiger charge is -2.25. The molecular weight excluding hydrogens is 352 g/mol. The van der Waals surface area contributed by atoms with Gasteiger partial charge in [-0.25, -0.2) is 8.42 Å². The Bertz CT molecular complexity index is 849. The van der Waals surface area contributed by atoms with Crippen molar-refractivity contribution in [1.82, 2.24) is 4.31 Å². The second-order valence-electron chi connectivity index (χ2n) is 5.71. The van der Waals surface area contributed by atoms with Gasteiger partial charge in [0.2, 0.25) is 15.9 Å². The average Bonchev–Trinajstić information content (AvgIpc) is 2.61. The standard InChI is InChI=1S/C19H22N2O4S/c1-4-14-25-17-12-10-16(11-13-17)20-19(22)18(21(2)26(3,23)24)15-8-6-5-7-9-15/h4-13,18H,1,14H2,2-3H3,(H,20,22). The fourth-order valence-corrected chi connectivity index (χ4v) is 2.95. The first-order valence-corrected chi connectivity index (χ1v) is 9.80. The van der Waals surface area contributed by atoms with Crippen LogP contribution in [0.4, 0.5) is 5.69 Å². The summed E-state index contributed by atoms with van der Waals surface area (Å²) in [6.45, 7) is 3.97. The van der Waals surface area contributed by atoms with Crippen LogP contribution in [0.2, 0.25) is 0 Å². The van der Waals surface area contributed by atoms with Crippen molar-refractivity contribution in [2.45, 2.75) is 6.04 Å². The molecule has 26 heavy (non-hydrogen) atoms. The van der Waals surface area contributed by atoms with Crippen molar-refractivity contribution in [2.75, 3.05) is 25.2 Å². The highest BCUT2D eigenvalue weighted by Crippen LogP contribution is 2.24. The van der Waals surface area contributed by atoms with E-state index < -0.39 is 22.0 Å². The average molecular weight is 374 g/mol. The summed E-state index contributed by atoms with van der Waals surface area (Å²) in [5.74, 6) is 0.208. The lowest BCUT2D eigenvalue weighted by atomic mass is 10.1. The fraction of sp³-hybridized carbons (Fsp3) is 0.211. The van der Waals surface area contributed by atoms with Crippen LogP contribution in [0, 0.1) is 0 Å². The molecule has 0 spiro atoms. The highest BCUT2D eigenvalue weighted by Gasteiger charge is 2.30. The fourth-order valence-electron chi connectivity index (χ4n) is 2.35. The molecule has 6 nitrogen and oxygen atoms in total. The van der Waals surface area contributed by atoms with Gasteiger partial charge < -0.3 is 10.1 Å². The van der Waals surface area contributed by atoms with E-state index in [1.807, 2.05) is 0 Å². The largest absolute Gasteiger partial charge is 0.490 e. The molecule has 0 heterocycles. The number of hydrogen-bond acceptors (Lipinski definition) is 4. The Morgan fingerprint density at radius 1 is 1.19 bits per heavy atom. The van der Waals surface area contributed by atoms with Crippen molar-refractivity contribution in [2.24, 2.45) is 0 Å². The van der Waals surface area contributed by atoms with Gasteiger partial charge in [0, 0.05) is 12.7 Å². The highest BCUT2D eigenvalue weighted by molar-refractivity contribution is 7.88. The molecular formula is C19H22N2O4S. The van der Waals surface area contributed by atoms with Gasteiger partial charge >= 0.3 is 0 Å². The zero-order valence-corrected chi connectivity index (χ0v) is 15.6. The van der Waals surface area contributed by atoms with E-state index >= 15 is 0 Å². The van der Waals surface area contributed by atoms with E-state index in [1.54, 1.807) is 60.7 Å². The van der Waals surface area contributed by atoms with E-state index in [-0.39, 0.29) is 0 Å². The molecule has 7 heteroatoms. The van der Waals surface area contributed by atoms with Crippen LogP contribution in [0.15, 0.2) is 67.3 Å². The maximum Gasteiger partial charge on any atom is 0.247 e. The first-order chi connectivity index (χ1) is 12.3. The maximum absolute atomic E-state index is 12.8. The minimum absolute atomic E-state index is 0.390. The molecule has 1 atom stereocenters. The molecule has 0 radical (unpaired) electrons. The number of carbonyl (C=O) groups excluding carboxylic acids is 1.